The van der Waals surface area contributed by atoms with Crippen LogP contribution in [0.25, 0.3) is 0 Å². The molecule has 3 aromatic carbocycles. The van der Waals surface area contributed by atoms with Crippen molar-refractivity contribution < 1.29 is 17.6 Å². The third kappa shape index (κ3) is 6.07. The number of benzene rings is 3. The van der Waals surface area contributed by atoms with Crippen LogP contribution in [0.5, 0.6) is 0 Å². The van der Waals surface area contributed by atoms with Crippen molar-refractivity contribution in [2.45, 2.75) is 24.4 Å². The van der Waals surface area contributed by atoms with Crippen molar-refractivity contribution >= 4 is 39.1 Å². The highest BCUT2D eigenvalue weighted by Gasteiger charge is 2.28. The Morgan fingerprint density at radius 1 is 1.03 bits per heavy atom. The molecule has 1 amide bonds. The van der Waals surface area contributed by atoms with E-state index in [-0.39, 0.29) is 17.3 Å². The highest BCUT2D eigenvalue weighted by molar-refractivity contribution is 7.89. The molecule has 0 aromatic heterocycles. The molecule has 0 spiro atoms. The molecule has 168 valence electrons. The van der Waals surface area contributed by atoms with Crippen LogP contribution in [-0.4, -0.2) is 25.2 Å². The van der Waals surface area contributed by atoms with Crippen molar-refractivity contribution in [3.63, 3.8) is 0 Å². The molecular formula is C23H21Cl2FN2O3S. The molecule has 0 radical (unpaired) electrons. The van der Waals surface area contributed by atoms with Gasteiger partial charge in [-0.25, -0.2) is 12.8 Å². The molecular weight excluding hydrogens is 474 g/mol. The molecule has 9 heteroatoms. The van der Waals surface area contributed by atoms with Crippen LogP contribution < -0.4 is 5.32 Å². The summed E-state index contributed by atoms with van der Waals surface area (Å²) >= 11 is 12.2. The molecule has 3 aromatic rings. The number of amides is 1. The van der Waals surface area contributed by atoms with Crippen LogP contribution in [0.3, 0.4) is 0 Å². The second-order valence-electron chi connectivity index (χ2n) is 7.16. The molecule has 0 bridgehead atoms. The van der Waals surface area contributed by atoms with E-state index in [0.29, 0.717) is 21.2 Å². The average molecular weight is 495 g/mol. The van der Waals surface area contributed by atoms with Crippen LogP contribution >= 0.6 is 23.2 Å². The summed E-state index contributed by atoms with van der Waals surface area (Å²) in [6.45, 7) is 1.19. The number of halogens is 3. The first-order valence-electron chi connectivity index (χ1n) is 9.71. The van der Waals surface area contributed by atoms with Crippen molar-refractivity contribution in [1.29, 1.82) is 0 Å². The minimum atomic E-state index is -4.00. The predicted molar refractivity (Wildman–Crippen MR) is 123 cm³/mol. The highest BCUT2D eigenvalue weighted by atomic mass is 35.5. The van der Waals surface area contributed by atoms with Crippen molar-refractivity contribution in [2.75, 3.05) is 6.54 Å². The fraction of sp³-hybridized carbons (Fsp3) is 0.174. The van der Waals surface area contributed by atoms with E-state index in [1.165, 1.54) is 30.3 Å². The first-order valence-corrected chi connectivity index (χ1v) is 11.9. The number of nitrogens with one attached hydrogen (secondary N) is 1. The molecule has 0 aliphatic rings. The second-order valence-corrected chi connectivity index (χ2v) is 9.94. The molecule has 1 N–H and O–H groups in total. The van der Waals surface area contributed by atoms with Crippen LogP contribution in [0.1, 0.15) is 24.1 Å². The van der Waals surface area contributed by atoms with E-state index in [9.17, 15) is 17.6 Å². The maximum Gasteiger partial charge on any atom is 0.243 e. The summed E-state index contributed by atoms with van der Waals surface area (Å²) in [5.74, 6) is -0.890. The Hall–Kier alpha value is -2.45. The van der Waals surface area contributed by atoms with Gasteiger partial charge in [0.25, 0.3) is 0 Å². The lowest BCUT2D eigenvalue weighted by atomic mass is 10.1. The normalized spacial score (nSPS) is 12.5. The fourth-order valence-electron chi connectivity index (χ4n) is 3.09. The molecule has 0 aliphatic heterocycles. The first kappa shape index (κ1) is 24.2. The van der Waals surface area contributed by atoms with E-state index < -0.39 is 28.5 Å². The molecule has 0 unspecified atom stereocenters. The van der Waals surface area contributed by atoms with Gasteiger partial charge in [0.05, 0.1) is 17.5 Å². The zero-order valence-corrected chi connectivity index (χ0v) is 19.5. The third-order valence-electron chi connectivity index (χ3n) is 4.81. The van der Waals surface area contributed by atoms with Gasteiger partial charge in [-0.15, -0.1) is 0 Å². The standard InChI is InChI=1S/C23H21Cl2FN2O3S/c1-16(17-8-11-20(26)12-9-17)27-23(29)15-28(14-18-7-10-19(24)13-22(18)25)32(30,31)21-5-3-2-4-6-21/h2-13,16H,14-15H2,1H3,(H,27,29)/t16-/m1/s1. The summed E-state index contributed by atoms with van der Waals surface area (Å²) in [5, 5.41) is 3.47. The van der Waals surface area contributed by atoms with E-state index in [4.69, 9.17) is 23.2 Å². The van der Waals surface area contributed by atoms with Gasteiger partial charge in [-0.1, -0.05) is 59.6 Å². The molecule has 0 fully saturated rings. The Morgan fingerprint density at radius 3 is 2.31 bits per heavy atom. The summed E-state index contributed by atoms with van der Waals surface area (Å²) in [6.07, 6.45) is 0. The van der Waals surface area contributed by atoms with E-state index >= 15 is 0 Å². The van der Waals surface area contributed by atoms with Gasteiger partial charge >= 0.3 is 0 Å². The van der Waals surface area contributed by atoms with Crippen LogP contribution in [0.2, 0.25) is 10.0 Å². The monoisotopic (exact) mass is 494 g/mol. The quantitative estimate of drug-likeness (QED) is 0.467. The van der Waals surface area contributed by atoms with Crippen molar-refractivity contribution in [1.82, 2.24) is 9.62 Å². The number of hydrogen-bond donors (Lipinski definition) is 1. The minimum absolute atomic E-state index is 0.0597. The molecule has 0 heterocycles. The number of carbonyl (C=O) groups is 1. The topological polar surface area (TPSA) is 66.5 Å². The molecule has 5 nitrogen and oxygen atoms in total. The van der Waals surface area contributed by atoms with Gasteiger partial charge in [0, 0.05) is 16.6 Å². The first-order chi connectivity index (χ1) is 15.2. The lowest BCUT2D eigenvalue weighted by molar-refractivity contribution is -0.122. The predicted octanol–water partition coefficient (Wildman–Crippen LogP) is 5.20. The summed E-state index contributed by atoms with van der Waals surface area (Å²) < 4.78 is 40.8. The summed E-state index contributed by atoms with van der Waals surface area (Å²) in [7, 11) is -4.00. The lowest BCUT2D eigenvalue weighted by Gasteiger charge is -2.24. The number of nitrogens with zero attached hydrogens (tertiary/aromatic N) is 1. The van der Waals surface area contributed by atoms with Gasteiger partial charge in [-0.05, 0) is 54.4 Å². The number of carbonyl (C=O) groups excluding carboxylic acids is 1. The number of hydrogen-bond acceptors (Lipinski definition) is 3. The minimum Gasteiger partial charge on any atom is -0.348 e. The Morgan fingerprint density at radius 2 is 1.69 bits per heavy atom. The molecule has 3 rings (SSSR count). The van der Waals surface area contributed by atoms with Crippen LogP contribution in [0, 0.1) is 5.82 Å². The van der Waals surface area contributed by atoms with Crippen molar-refractivity contribution in [3.8, 4) is 0 Å². The molecule has 0 saturated heterocycles. The Balaban J connectivity index is 1.84. The van der Waals surface area contributed by atoms with Gasteiger partial charge < -0.3 is 5.32 Å². The number of sulfonamides is 1. The summed E-state index contributed by atoms with van der Waals surface area (Å²) in [4.78, 5) is 12.8. The van der Waals surface area contributed by atoms with Gasteiger partial charge in [-0.3, -0.25) is 4.79 Å². The van der Waals surface area contributed by atoms with Crippen LogP contribution in [-0.2, 0) is 21.4 Å². The van der Waals surface area contributed by atoms with Gasteiger partial charge in [0.2, 0.25) is 15.9 Å². The summed E-state index contributed by atoms with van der Waals surface area (Å²) in [6, 6.07) is 17.9. The Bertz CT molecular complexity index is 1190. The smallest absolute Gasteiger partial charge is 0.243 e. The average Bonchev–Trinajstić information content (AvgIpc) is 2.76. The molecule has 0 saturated carbocycles. The SMILES string of the molecule is C[C@@H](NC(=O)CN(Cc1ccc(Cl)cc1Cl)S(=O)(=O)c1ccccc1)c1ccc(F)cc1. The highest BCUT2D eigenvalue weighted by Crippen LogP contribution is 2.25. The lowest BCUT2D eigenvalue weighted by Crippen LogP contribution is -2.41. The summed E-state index contributed by atoms with van der Waals surface area (Å²) in [5.41, 5.74) is 1.20. The maximum atomic E-state index is 13.3. The molecule has 1 atom stereocenters. The zero-order valence-electron chi connectivity index (χ0n) is 17.1. The van der Waals surface area contributed by atoms with E-state index in [1.807, 2.05) is 0 Å². The van der Waals surface area contributed by atoms with Crippen molar-refractivity contribution in [2.24, 2.45) is 0 Å². The van der Waals surface area contributed by atoms with Crippen LogP contribution in [0.15, 0.2) is 77.7 Å². The Labute approximate surface area is 196 Å². The number of rotatable bonds is 8. The molecule has 32 heavy (non-hydrogen) atoms. The molecule has 0 aliphatic carbocycles. The van der Waals surface area contributed by atoms with Gasteiger partial charge in [0.15, 0.2) is 0 Å². The van der Waals surface area contributed by atoms with Gasteiger partial charge in [-0.2, -0.15) is 4.31 Å². The largest absolute Gasteiger partial charge is 0.348 e. The second kappa shape index (κ2) is 10.4. The van der Waals surface area contributed by atoms with Crippen LogP contribution in [0.4, 0.5) is 4.39 Å². The van der Waals surface area contributed by atoms with E-state index in [1.54, 1.807) is 49.4 Å². The van der Waals surface area contributed by atoms with Gasteiger partial charge in [0.1, 0.15) is 5.82 Å². The third-order valence-corrected chi connectivity index (χ3v) is 7.20. The zero-order chi connectivity index (χ0) is 23.3. The maximum absolute atomic E-state index is 13.3. The van der Waals surface area contributed by atoms with E-state index in [2.05, 4.69) is 5.32 Å². The Kier molecular flexibility index (Phi) is 7.90. The van der Waals surface area contributed by atoms with E-state index in [0.717, 1.165) is 4.31 Å². The van der Waals surface area contributed by atoms with Crippen molar-refractivity contribution in [3.05, 3.63) is 99.8 Å². The fourth-order valence-corrected chi connectivity index (χ4v) is 4.95.